The summed E-state index contributed by atoms with van der Waals surface area (Å²) in [7, 11) is 0. The maximum absolute atomic E-state index is 12.7. The molecule has 6 unspecified atom stereocenters. The number of allylic oxidation sites excluding steroid dienone is 1. The van der Waals surface area contributed by atoms with Crippen molar-refractivity contribution in [3.63, 3.8) is 0 Å². The largest absolute Gasteiger partial charge is 0.462 e. The molecule has 4 aliphatic carbocycles. The van der Waals surface area contributed by atoms with Gasteiger partial charge in [-0.1, -0.05) is 70.8 Å². The Bertz CT molecular complexity index is 709. The van der Waals surface area contributed by atoms with E-state index in [0.29, 0.717) is 24.0 Å². The van der Waals surface area contributed by atoms with Gasteiger partial charge in [-0.15, -0.1) is 0 Å². The Morgan fingerprint density at radius 3 is 2.39 bits per heavy atom. The molecular formula is C30H48O3. The van der Waals surface area contributed by atoms with Crippen LogP contribution in [0.2, 0.25) is 0 Å². The molecule has 6 atom stereocenters. The zero-order chi connectivity index (χ0) is 23.3. The second kappa shape index (κ2) is 11.5. The molecule has 0 aromatic heterocycles. The standard InChI is InChI=1S/C30H48O3/c1-3-4-5-6-7-8-9-10-11-12-29(32)33-28-18-17-27-26-15-13-22-21-23(31)14-16-24(22)25(26)19-20-30(27,28)2/h21,24-28H,3-20H2,1-2H3. The molecule has 0 saturated heterocycles. The molecule has 4 rings (SSSR count). The first-order valence-electron chi connectivity index (χ1n) is 14.5. The number of esters is 1. The first-order valence-corrected chi connectivity index (χ1v) is 14.5. The van der Waals surface area contributed by atoms with E-state index in [2.05, 4.69) is 13.8 Å². The highest BCUT2D eigenvalue weighted by Gasteiger charge is 2.57. The summed E-state index contributed by atoms with van der Waals surface area (Å²) in [6, 6.07) is 0. The third-order valence-corrected chi connectivity index (χ3v) is 9.97. The quantitative estimate of drug-likeness (QED) is 0.234. The Balaban J connectivity index is 1.20. The van der Waals surface area contributed by atoms with E-state index in [1.165, 1.54) is 76.2 Å². The number of unbranched alkanes of at least 4 members (excludes halogenated alkanes) is 8. The fourth-order valence-corrected chi connectivity index (χ4v) is 8.12. The normalized spacial score (nSPS) is 35.4. The third-order valence-electron chi connectivity index (χ3n) is 9.97. The van der Waals surface area contributed by atoms with Gasteiger partial charge in [0.1, 0.15) is 6.10 Å². The van der Waals surface area contributed by atoms with E-state index in [9.17, 15) is 9.59 Å². The number of fused-ring (bicyclic) bond motifs is 5. The van der Waals surface area contributed by atoms with E-state index in [1.54, 1.807) is 0 Å². The van der Waals surface area contributed by atoms with Crippen molar-refractivity contribution < 1.29 is 14.3 Å². The molecule has 0 amide bonds. The van der Waals surface area contributed by atoms with Crippen LogP contribution in [0.25, 0.3) is 0 Å². The highest BCUT2D eigenvalue weighted by atomic mass is 16.5. The summed E-state index contributed by atoms with van der Waals surface area (Å²) in [4.78, 5) is 24.6. The van der Waals surface area contributed by atoms with E-state index in [4.69, 9.17) is 4.74 Å². The molecule has 3 nitrogen and oxygen atoms in total. The van der Waals surface area contributed by atoms with Gasteiger partial charge >= 0.3 is 5.97 Å². The molecule has 0 radical (unpaired) electrons. The first kappa shape index (κ1) is 25.0. The molecule has 186 valence electrons. The van der Waals surface area contributed by atoms with Gasteiger partial charge in [-0.25, -0.2) is 0 Å². The molecule has 4 aliphatic rings. The molecule has 0 heterocycles. The summed E-state index contributed by atoms with van der Waals surface area (Å²) in [5.74, 6) is 3.26. The van der Waals surface area contributed by atoms with Crippen molar-refractivity contribution in [1.29, 1.82) is 0 Å². The van der Waals surface area contributed by atoms with Crippen LogP contribution in [0.5, 0.6) is 0 Å². The van der Waals surface area contributed by atoms with Crippen molar-refractivity contribution in [3.05, 3.63) is 11.6 Å². The molecule has 0 aromatic rings. The lowest BCUT2D eigenvalue weighted by atomic mass is 9.52. The van der Waals surface area contributed by atoms with Crippen LogP contribution in [-0.2, 0) is 14.3 Å². The van der Waals surface area contributed by atoms with Crippen molar-refractivity contribution in [3.8, 4) is 0 Å². The van der Waals surface area contributed by atoms with Crippen LogP contribution >= 0.6 is 0 Å². The van der Waals surface area contributed by atoms with Crippen LogP contribution in [0.15, 0.2) is 11.6 Å². The molecule has 0 spiro atoms. The molecule has 3 saturated carbocycles. The highest BCUT2D eigenvalue weighted by molar-refractivity contribution is 5.91. The van der Waals surface area contributed by atoms with Gasteiger partial charge in [0.25, 0.3) is 0 Å². The Morgan fingerprint density at radius 1 is 0.909 bits per heavy atom. The monoisotopic (exact) mass is 456 g/mol. The zero-order valence-corrected chi connectivity index (χ0v) is 21.4. The van der Waals surface area contributed by atoms with Gasteiger partial charge in [-0.2, -0.15) is 0 Å². The van der Waals surface area contributed by atoms with E-state index in [1.807, 2.05) is 6.08 Å². The van der Waals surface area contributed by atoms with Crippen LogP contribution < -0.4 is 0 Å². The first-order chi connectivity index (χ1) is 16.0. The summed E-state index contributed by atoms with van der Waals surface area (Å²) < 4.78 is 6.16. The lowest BCUT2D eigenvalue weighted by Crippen LogP contribution is -2.48. The van der Waals surface area contributed by atoms with Crippen molar-refractivity contribution in [1.82, 2.24) is 0 Å². The summed E-state index contributed by atoms with van der Waals surface area (Å²) in [5, 5.41) is 0. The van der Waals surface area contributed by atoms with Gasteiger partial charge in [0.05, 0.1) is 0 Å². The summed E-state index contributed by atoms with van der Waals surface area (Å²) in [5.41, 5.74) is 1.62. The van der Waals surface area contributed by atoms with Gasteiger partial charge in [0.15, 0.2) is 5.78 Å². The van der Waals surface area contributed by atoms with Crippen molar-refractivity contribution in [2.24, 2.45) is 29.1 Å². The summed E-state index contributed by atoms with van der Waals surface area (Å²) in [6.07, 6.45) is 23.1. The number of ether oxygens (including phenoxy) is 1. The van der Waals surface area contributed by atoms with Crippen LogP contribution in [0.4, 0.5) is 0 Å². The molecule has 0 bridgehead atoms. The average Bonchev–Trinajstić information content (AvgIpc) is 3.13. The Hall–Kier alpha value is -1.12. The molecule has 3 heteroatoms. The minimum atomic E-state index is 0.0478. The maximum Gasteiger partial charge on any atom is 0.306 e. The van der Waals surface area contributed by atoms with Gasteiger partial charge < -0.3 is 4.74 Å². The Kier molecular flexibility index (Phi) is 8.74. The smallest absolute Gasteiger partial charge is 0.306 e. The Labute approximate surface area is 202 Å². The van der Waals surface area contributed by atoms with E-state index < -0.39 is 0 Å². The second-order valence-electron chi connectivity index (χ2n) is 12.0. The number of ketones is 1. The minimum absolute atomic E-state index is 0.0478. The molecule has 0 aromatic carbocycles. The fourth-order valence-electron chi connectivity index (χ4n) is 8.12. The predicted molar refractivity (Wildman–Crippen MR) is 134 cm³/mol. The number of carbonyl (C=O) groups is 2. The van der Waals surface area contributed by atoms with Gasteiger partial charge in [-0.05, 0) is 81.1 Å². The lowest BCUT2D eigenvalue weighted by molar-refractivity contribution is -0.159. The number of rotatable bonds is 11. The topological polar surface area (TPSA) is 43.4 Å². The zero-order valence-electron chi connectivity index (χ0n) is 21.4. The van der Waals surface area contributed by atoms with Crippen molar-refractivity contribution >= 4 is 11.8 Å². The lowest BCUT2D eigenvalue weighted by Gasteiger charge is -2.53. The van der Waals surface area contributed by atoms with Crippen LogP contribution in [0.1, 0.15) is 129 Å². The fraction of sp³-hybridized carbons (Fsp3) is 0.867. The minimum Gasteiger partial charge on any atom is -0.462 e. The maximum atomic E-state index is 12.7. The summed E-state index contributed by atoms with van der Waals surface area (Å²) >= 11 is 0. The van der Waals surface area contributed by atoms with E-state index in [-0.39, 0.29) is 17.5 Å². The van der Waals surface area contributed by atoms with Crippen LogP contribution in [0, 0.1) is 29.1 Å². The SMILES string of the molecule is CCCCCCCCCCCC(=O)OC1CCC2C3CCC4=CC(=O)CCC4C3CCC12C. The third kappa shape index (κ3) is 5.76. The average molecular weight is 457 g/mol. The highest BCUT2D eigenvalue weighted by Crippen LogP contribution is 2.62. The van der Waals surface area contributed by atoms with Crippen LogP contribution in [-0.4, -0.2) is 17.9 Å². The number of hydrogen-bond acceptors (Lipinski definition) is 3. The summed E-state index contributed by atoms with van der Waals surface area (Å²) in [6.45, 7) is 4.69. The van der Waals surface area contributed by atoms with Crippen LogP contribution in [0.3, 0.4) is 0 Å². The molecule has 3 fully saturated rings. The second-order valence-corrected chi connectivity index (χ2v) is 12.0. The molecule has 0 aliphatic heterocycles. The number of carbonyl (C=O) groups excluding carboxylic acids is 2. The van der Waals surface area contributed by atoms with Gasteiger partial charge in [-0.3, -0.25) is 9.59 Å². The molecule has 0 N–H and O–H groups in total. The molecule has 33 heavy (non-hydrogen) atoms. The van der Waals surface area contributed by atoms with Gasteiger partial charge in [0, 0.05) is 18.3 Å². The van der Waals surface area contributed by atoms with E-state index in [0.717, 1.165) is 50.4 Å². The predicted octanol–water partition coefficient (Wildman–Crippen LogP) is 7.96. The van der Waals surface area contributed by atoms with Crippen molar-refractivity contribution in [2.45, 2.75) is 136 Å². The van der Waals surface area contributed by atoms with Crippen molar-refractivity contribution in [2.75, 3.05) is 0 Å². The van der Waals surface area contributed by atoms with Gasteiger partial charge in [0.2, 0.25) is 0 Å². The Morgan fingerprint density at radius 2 is 1.64 bits per heavy atom. The van der Waals surface area contributed by atoms with E-state index >= 15 is 0 Å². The molecular weight excluding hydrogens is 408 g/mol. The number of hydrogen-bond donors (Lipinski definition) is 0.